The van der Waals surface area contributed by atoms with Gasteiger partial charge in [-0.25, -0.2) is 0 Å². The number of ether oxygens (including phenoxy) is 1. The summed E-state index contributed by atoms with van der Waals surface area (Å²) in [6, 6.07) is 20.7. The van der Waals surface area contributed by atoms with Gasteiger partial charge in [-0.2, -0.15) is 25.6 Å². The Hall–Kier alpha value is -4.92. The molecule has 0 spiro atoms. The number of hydrogen-bond acceptors (Lipinski definition) is 9. The van der Waals surface area contributed by atoms with E-state index in [0.29, 0.717) is 46.5 Å². The maximum Gasteiger partial charge on any atom is 0.149 e. The Morgan fingerprint density at radius 2 is 0.974 bits per heavy atom. The van der Waals surface area contributed by atoms with Crippen LogP contribution in [0, 0.1) is 20.8 Å². The molecule has 0 aliphatic carbocycles. The van der Waals surface area contributed by atoms with Gasteiger partial charge in [-0.3, -0.25) is 0 Å². The number of aryl methyl sites for hydroxylation is 3. The standard InChI is InChI=1S/C29H28N6O3/c1-5-38-29-17-27(20(4)16-28(29)35-33-26-13-11-24(37)15-19(26)3)34-31-22-8-6-21(7-9-22)30-32-25-12-10-23(36)14-18(25)2/h6-17,36-37H,5H2,1-4H3/b32-30?,34-31+,35-33?. The lowest BCUT2D eigenvalue weighted by Gasteiger charge is -2.09. The fraction of sp³-hybridized carbons (Fsp3) is 0.172. The Morgan fingerprint density at radius 1 is 0.526 bits per heavy atom. The smallest absolute Gasteiger partial charge is 0.149 e. The molecular weight excluding hydrogens is 480 g/mol. The van der Waals surface area contributed by atoms with Crippen molar-refractivity contribution in [1.82, 2.24) is 0 Å². The summed E-state index contributed by atoms with van der Waals surface area (Å²) in [6.45, 7) is 8.00. The zero-order valence-corrected chi connectivity index (χ0v) is 21.6. The van der Waals surface area contributed by atoms with Crippen LogP contribution in [0.3, 0.4) is 0 Å². The van der Waals surface area contributed by atoms with Crippen LogP contribution in [0.15, 0.2) is 103 Å². The van der Waals surface area contributed by atoms with Gasteiger partial charge in [0.2, 0.25) is 0 Å². The number of azo groups is 3. The van der Waals surface area contributed by atoms with Crippen molar-refractivity contribution in [2.24, 2.45) is 30.7 Å². The second-order valence-corrected chi connectivity index (χ2v) is 8.60. The SMILES string of the molecule is CCOc1cc(/N=N/c2ccc(N=Nc3ccc(O)cc3C)cc2)c(C)cc1N=Nc1ccc(O)cc1C. The molecule has 0 atom stereocenters. The quantitative estimate of drug-likeness (QED) is 0.230. The molecule has 0 saturated carbocycles. The molecule has 0 amide bonds. The van der Waals surface area contributed by atoms with E-state index in [-0.39, 0.29) is 11.5 Å². The summed E-state index contributed by atoms with van der Waals surface area (Å²) in [5, 5.41) is 45.1. The molecular formula is C29H28N6O3. The molecule has 0 aliphatic heterocycles. The predicted molar refractivity (Wildman–Crippen MR) is 147 cm³/mol. The topological polar surface area (TPSA) is 124 Å². The Balaban J connectivity index is 1.51. The van der Waals surface area contributed by atoms with Crippen LogP contribution in [0.25, 0.3) is 0 Å². The Kier molecular flexibility index (Phi) is 8.17. The maximum absolute atomic E-state index is 9.61. The molecule has 0 radical (unpaired) electrons. The van der Waals surface area contributed by atoms with E-state index in [1.807, 2.05) is 45.9 Å². The van der Waals surface area contributed by atoms with Crippen molar-refractivity contribution in [3.8, 4) is 17.2 Å². The number of benzene rings is 4. The van der Waals surface area contributed by atoms with Crippen LogP contribution in [-0.2, 0) is 0 Å². The highest BCUT2D eigenvalue weighted by molar-refractivity contribution is 5.63. The monoisotopic (exact) mass is 508 g/mol. The van der Waals surface area contributed by atoms with E-state index in [4.69, 9.17) is 4.74 Å². The Bertz CT molecular complexity index is 1530. The average Bonchev–Trinajstić information content (AvgIpc) is 2.89. The Morgan fingerprint density at radius 3 is 1.47 bits per heavy atom. The molecule has 0 unspecified atom stereocenters. The number of phenols is 2. The number of aromatic hydroxyl groups is 2. The maximum atomic E-state index is 9.61. The van der Waals surface area contributed by atoms with Crippen LogP contribution >= 0.6 is 0 Å². The largest absolute Gasteiger partial charge is 0.508 e. The van der Waals surface area contributed by atoms with Crippen molar-refractivity contribution in [2.45, 2.75) is 27.7 Å². The fourth-order valence-corrected chi connectivity index (χ4v) is 3.54. The van der Waals surface area contributed by atoms with Crippen LogP contribution in [-0.4, -0.2) is 16.8 Å². The second-order valence-electron chi connectivity index (χ2n) is 8.60. The molecule has 0 aromatic heterocycles. The minimum Gasteiger partial charge on any atom is -0.508 e. The van der Waals surface area contributed by atoms with Gasteiger partial charge < -0.3 is 14.9 Å². The zero-order valence-electron chi connectivity index (χ0n) is 21.6. The molecule has 9 heteroatoms. The molecule has 0 bridgehead atoms. The van der Waals surface area contributed by atoms with Gasteiger partial charge in [0, 0.05) is 6.07 Å². The van der Waals surface area contributed by atoms with Crippen LogP contribution in [0.2, 0.25) is 0 Å². The van der Waals surface area contributed by atoms with Crippen molar-refractivity contribution in [3.63, 3.8) is 0 Å². The number of phenolic OH excluding ortho intramolecular Hbond substituents is 2. The summed E-state index contributed by atoms with van der Waals surface area (Å²) in [5.41, 5.74) is 6.43. The molecule has 4 aromatic carbocycles. The summed E-state index contributed by atoms with van der Waals surface area (Å²) in [4.78, 5) is 0. The van der Waals surface area contributed by atoms with E-state index in [2.05, 4.69) is 30.7 Å². The van der Waals surface area contributed by atoms with Crippen LogP contribution in [0.4, 0.5) is 34.1 Å². The molecule has 0 heterocycles. The van der Waals surface area contributed by atoms with Crippen LogP contribution in [0.5, 0.6) is 17.2 Å². The fourth-order valence-electron chi connectivity index (χ4n) is 3.54. The van der Waals surface area contributed by atoms with Gasteiger partial charge in [0.25, 0.3) is 0 Å². The lowest BCUT2D eigenvalue weighted by molar-refractivity contribution is 0.341. The van der Waals surface area contributed by atoms with Gasteiger partial charge in [0.15, 0.2) is 0 Å². The third-order valence-electron chi connectivity index (χ3n) is 5.60. The van der Waals surface area contributed by atoms with Gasteiger partial charge >= 0.3 is 0 Å². The summed E-state index contributed by atoms with van der Waals surface area (Å²) < 4.78 is 5.78. The van der Waals surface area contributed by atoms with Crippen molar-refractivity contribution in [2.75, 3.05) is 6.61 Å². The highest BCUT2D eigenvalue weighted by Crippen LogP contribution is 2.37. The minimum absolute atomic E-state index is 0.185. The molecule has 9 nitrogen and oxygen atoms in total. The Labute approximate surface area is 220 Å². The molecule has 4 rings (SSSR count). The third kappa shape index (κ3) is 6.64. The van der Waals surface area contributed by atoms with Crippen molar-refractivity contribution in [1.29, 1.82) is 0 Å². The number of hydrogen-bond donors (Lipinski definition) is 2. The van der Waals surface area contributed by atoms with Crippen molar-refractivity contribution in [3.05, 3.63) is 89.5 Å². The molecule has 38 heavy (non-hydrogen) atoms. The van der Waals surface area contributed by atoms with E-state index in [9.17, 15) is 10.2 Å². The van der Waals surface area contributed by atoms with E-state index in [0.717, 1.165) is 16.7 Å². The van der Waals surface area contributed by atoms with Gasteiger partial charge in [0.05, 0.1) is 35.0 Å². The van der Waals surface area contributed by atoms with Gasteiger partial charge in [-0.05, 0) is 111 Å². The van der Waals surface area contributed by atoms with E-state index < -0.39 is 0 Å². The lowest BCUT2D eigenvalue weighted by atomic mass is 10.1. The molecule has 0 saturated heterocycles. The molecule has 2 N–H and O–H groups in total. The molecule has 0 aliphatic rings. The number of nitrogens with zero attached hydrogens (tertiary/aromatic N) is 6. The molecule has 4 aromatic rings. The number of rotatable bonds is 8. The van der Waals surface area contributed by atoms with Gasteiger partial charge in [-0.15, -0.1) is 5.11 Å². The van der Waals surface area contributed by atoms with Crippen molar-refractivity contribution >= 4 is 34.1 Å². The van der Waals surface area contributed by atoms with Gasteiger partial charge in [0.1, 0.15) is 22.9 Å². The van der Waals surface area contributed by atoms with E-state index >= 15 is 0 Å². The minimum atomic E-state index is 0.185. The van der Waals surface area contributed by atoms with Crippen LogP contribution < -0.4 is 4.74 Å². The third-order valence-corrected chi connectivity index (χ3v) is 5.60. The lowest BCUT2D eigenvalue weighted by Crippen LogP contribution is -1.92. The highest BCUT2D eigenvalue weighted by Gasteiger charge is 2.09. The predicted octanol–water partition coefficient (Wildman–Crippen LogP) is 9.67. The first-order valence-corrected chi connectivity index (χ1v) is 12.0. The second kappa shape index (κ2) is 11.9. The first-order valence-electron chi connectivity index (χ1n) is 12.0. The summed E-state index contributed by atoms with van der Waals surface area (Å²) in [6.07, 6.45) is 0. The molecule has 0 fully saturated rings. The summed E-state index contributed by atoms with van der Waals surface area (Å²) in [5.74, 6) is 0.931. The van der Waals surface area contributed by atoms with Crippen LogP contribution in [0.1, 0.15) is 23.6 Å². The normalized spacial score (nSPS) is 11.7. The highest BCUT2D eigenvalue weighted by atomic mass is 16.5. The summed E-state index contributed by atoms with van der Waals surface area (Å²) in [7, 11) is 0. The first kappa shape index (κ1) is 26.2. The van der Waals surface area contributed by atoms with Gasteiger partial charge in [-0.1, -0.05) is 0 Å². The summed E-state index contributed by atoms with van der Waals surface area (Å²) >= 11 is 0. The zero-order chi connectivity index (χ0) is 27.1. The first-order chi connectivity index (χ1) is 18.3. The molecule has 192 valence electrons. The van der Waals surface area contributed by atoms with E-state index in [1.54, 1.807) is 54.6 Å². The van der Waals surface area contributed by atoms with E-state index in [1.165, 1.54) is 0 Å². The average molecular weight is 509 g/mol. The van der Waals surface area contributed by atoms with Crippen molar-refractivity contribution < 1.29 is 14.9 Å².